The quantitative estimate of drug-likeness (QED) is 0.869. The number of halogens is 1. The molecule has 1 atom stereocenters. The van der Waals surface area contributed by atoms with Crippen LogP contribution in [0, 0.1) is 0 Å². The van der Waals surface area contributed by atoms with Crippen molar-refractivity contribution >= 4 is 11.6 Å². The maximum Gasteiger partial charge on any atom is 0.0467 e. The Morgan fingerprint density at radius 2 is 1.89 bits per heavy atom. The lowest BCUT2D eigenvalue weighted by atomic mass is 10.1. The van der Waals surface area contributed by atoms with E-state index in [1.54, 1.807) is 0 Å². The van der Waals surface area contributed by atoms with E-state index in [9.17, 15) is 0 Å². The first-order chi connectivity index (χ1) is 9.20. The summed E-state index contributed by atoms with van der Waals surface area (Å²) in [6, 6.07) is 8.31. The first-order valence-corrected chi connectivity index (χ1v) is 7.46. The lowest BCUT2D eigenvalue weighted by Crippen LogP contribution is -2.36. The molecule has 19 heavy (non-hydrogen) atoms. The number of likely N-dealkylation sites (N-methyl/N-ethyl adjacent to an activating group) is 1. The first kappa shape index (κ1) is 14.8. The molecule has 1 aliphatic heterocycles. The smallest absolute Gasteiger partial charge is 0.0467 e. The average Bonchev–Trinajstić information content (AvgIpc) is 2.92. The predicted octanol–water partition coefficient (Wildman–Crippen LogP) is 2.37. The molecule has 0 radical (unpaired) electrons. The van der Waals surface area contributed by atoms with Gasteiger partial charge in [0.2, 0.25) is 0 Å². The number of likely N-dealkylation sites (tertiary alicyclic amines) is 1. The Morgan fingerprint density at radius 1 is 1.26 bits per heavy atom. The number of rotatable bonds is 6. The second kappa shape index (κ2) is 7.25. The van der Waals surface area contributed by atoms with Crippen LogP contribution >= 0.6 is 11.6 Å². The van der Waals surface area contributed by atoms with E-state index in [1.807, 2.05) is 12.1 Å². The number of hydrogen-bond acceptors (Lipinski definition) is 3. The van der Waals surface area contributed by atoms with Gasteiger partial charge in [0.15, 0.2) is 0 Å². The molecule has 0 saturated carbocycles. The molecule has 2 rings (SSSR count). The van der Waals surface area contributed by atoms with Crippen LogP contribution in [0.5, 0.6) is 0 Å². The van der Waals surface area contributed by atoms with E-state index in [1.165, 1.54) is 31.5 Å². The topological polar surface area (TPSA) is 32.5 Å². The summed E-state index contributed by atoms with van der Waals surface area (Å²) in [5.41, 5.74) is 7.19. The van der Waals surface area contributed by atoms with E-state index in [-0.39, 0.29) is 6.04 Å². The summed E-state index contributed by atoms with van der Waals surface area (Å²) in [7, 11) is 2.15. The van der Waals surface area contributed by atoms with E-state index in [0.29, 0.717) is 6.54 Å². The second-order valence-electron chi connectivity index (χ2n) is 5.33. The maximum atomic E-state index is 5.94. The molecule has 2 N–H and O–H groups in total. The first-order valence-electron chi connectivity index (χ1n) is 7.09. The Kier molecular flexibility index (Phi) is 5.64. The zero-order valence-corrected chi connectivity index (χ0v) is 12.4. The van der Waals surface area contributed by atoms with Crippen LogP contribution in [0.15, 0.2) is 24.3 Å². The van der Waals surface area contributed by atoms with Crippen LogP contribution < -0.4 is 5.73 Å². The summed E-state index contributed by atoms with van der Waals surface area (Å²) >= 11 is 5.93. The molecule has 1 saturated heterocycles. The molecule has 1 fully saturated rings. The highest BCUT2D eigenvalue weighted by Crippen LogP contribution is 2.20. The van der Waals surface area contributed by atoms with Crippen molar-refractivity contribution in [2.45, 2.75) is 18.9 Å². The van der Waals surface area contributed by atoms with Gasteiger partial charge in [0.25, 0.3) is 0 Å². The van der Waals surface area contributed by atoms with Gasteiger partial charge in [-0.3, -0.25) is 4.90 Å². The van der Waals surface area contributed by atoms with Crippen LogP contribution in [0.3, 0.4) is 0 Å². The monoisotopic (exact) mass is 281 g/mol. The van der Waals surface area contributed by atoms with Crippen LogP contribution in [0.25, 0.3) is 0 Å². The van der Waals surface area contributed by atoms with E-state index in [4.69, 9.17) is 17.3 Å². The molecule has 0 aromatic heterocycles. The zero-order chi connectivity index (χ0) is 13.7. The number of nitrogens with two attached hydrogens (primary N) is 1. The van der Waals surface area contributed by atoms with Crippen LogP contribution in [0.2, 0.25) is 5.02 Å². The van der Waals surface area contributed by atoms with E-state index < -0.39 is 0 Å². The summed E-state index contributed by atoms with van der Waals surface area (Å²) in [6.07, 6.45) is 2.70. The van der Waals surface area contributed by atoms with Crippen molar-refractivity contribution in [2.24, 2.45) is 5.73 Å². The van der Waals surface area contributed by atoms with Gasteiger partial charge in [0.1, 0.15) is 0 Å². The Bertz CT molecular complexity index is 373. The molecule has 1 unspecified atom stereocenters. The highest BCUT2D eigenvalue weighted by molar-refractivity contribution is 6.30. The van der Waals surface area contributed by atoms with Crippen molar-refractivity contribution < 1.29 is 0 Å². The van der Waals surface area contributed by atoms with Gasteiger partial charge in [-0.05, 0) is 50.7 Å². The van der Waals surface area contributed by atoms with Gasteiger partial charge >= 0.3 is 0 Å². The molecule has 1 aromatic carbocycles. The third-order valence-electron chi connectivity index (χ3n) is 3.98. The minimum atomic E-state index is 0.278. The van der Waals surface area contributed by atoms with Gasteiger partial charge in [-0.25, -0.2) is 0 Å². The molecule has 1 aliphatic rings. The van der Waals surface area contributed by atoms with Gasteiger partial charge in [-0.15, -0.1) is 0 Å². The van der Waals surface area contributed by atoms with Gasteiger partial charge in [0.05, 0.1) is 0 Å². The predicted molar refractivity (Wildman–Crippen MR) is 81.6 cm³/mol. The second-order valence-corrected chi connectivity index (χ2v) is 5.77. The third kappa shape index (κ3) is 4.18. The van der Waals surface area contributed by atoms with E-state index in [2.05, 4.69) is 29.0 Å². The minimum Gasteiger partial charge on any atom is -0.329 e. The van der Waals surface area contributed by atoms with Crippen molar-refractivity contribution in [3.8, 4) is 0 Å². The SMILES string of the molecule is CN(CCN1CCCC1)C(CN)c1ccc(Cl)cc1. The summed E-state index contributed by atoms with van der Waals surface area (Å²) in [4.78, 5) is 4.88. The molecular weight excluding hydrogens is 258 g/mol. The fourth-order valence-corrected chi connectivity index (χ4v) is 2.84. The third-order valence-corrected chi connectivity index (χ3v) is 4.23. The lowest BCUT2D eigenvalue weighted by Gasteiger charge is -2.29. The van der Waals surface area contributed by atoms with E-state index in [0.717, 1.165) is 18.1 Å². The zero-order valence-electron chi connectivity index (χ0n) is 11.7. The highest BCUT2D eigenvalue weighted by atomic mass is 35.5. The van der Waals surface area contributed by atoms with Gasteiger partial charge in [-0.2, -0.15) is 0 Å². The fourth-order valence-electron chi connectivity index (χ4n) is 2.72. The number of nitrogens with zero attached hydrogens (tertiary/aromatic N) is 2. The van der Waals surface area contributed by atoms with Crippen LogP contribution in [0.1, 0.15) is 24.4 Å². The van der Waals surface area contributed by atoms with Gasteiger partial charge in [-0.1, -0.05) is 23.7 Å². The van der Waals surface area contributed by atoms with Gasteiger partial charge in [0, 0.05) is 30.7 Å². The molecule has 3 nitrogen and oxygen atoms in total. The molecule has 1 heterocycles. The molecule has 0 spiro atoms. The summed E-state index contributed by atoms with van der Waals surface area (Å²) < 4.78 is 0. The average molecular weight is 282 g/mol. The standard InChI is InChI=1S/C15H24ClN3/c1-18(10-11-19-8-2-3-9-19)15(12-17)13-4-6-14(16)7-5-13/h4-7,15H,2-3,8-12,17H2,1H3. The fraction of sp³-hybridized carbons (Fsp3) is 0.600. The Hall–Kier alpha value is -0.610. The summed E-state index contributed by atoms with van der Waals surface area (Å²) in [5, 5.41) is 0.777. The molecule has 1 aromatic rings. The lowest BCUT2D eigenvalue weighted by molar-refractivity contribution is 0.209. The van der Waals surface area contributed by atoms with Crippen molar-refractivity contribution in [1.29, 1.82) is 0 Å². The Morgan fingerprint density at radius 3 is 2.47 bits per heavy atom. The van der Waals surface area contributed by atoms with Crippen LogP contribution in [-0.4, -0.2) is 49.6 Å². The molecule has 4 heteroatoms. The van der Waals surface area contributed by atoms with Crippen molar-refractivity contribution in [3.05, 3.63) is 34.9 Å². The molecule has 0 amide bonds. The molecule has 0 bridgehead atoms. The Balaban J connectivity index is 1.90. The minimum absolute atomic E-state index is 0.278. The molecular formula is C15H24ClN3. The maximum absolute atomic E-state index is 5.94. The van der Waals surface area contributed by atoms with Crippen molar-refractivity contribution in [2.75, 3.05) is 39.8 Å². The van der Waals surface area contributed by atoms with Crippen molar-refractivity contribution in [1.82, 2.24) is 9.80 Å². The molecule has 0 aliphatic carbocycles. The summed E-state index contributed by atoms with van der Waals surface area (Å²) in [6.45, 7) is 5.34. The normalized spacial score (nSPS) is 18.1. The van der Waals surface area contributed by atoms with E-state index >= 15 is 0 Å². The Labute approximate surface area is 121 Å². The summed E-state index contributed by atoms with van der Waals surface area (Å²) in [5.74, 6) is 0. The largest absolute Gasteiger partial charge is 0.329 e. The van der Waals surface area contributed by atoms with Crippen molar-refractivity contribution in [3.63, 3.8) is 0 Å². The van der Waals surface area contributed by atoms with Crippen LogP contribution in [0.4, 0.5) is 0 Å². The number of benzene rings is 1. The highest BCUT2D eigenvalue weighted by Gasteiger charge is 2.17. The van der Waals surface area contributed by atoms with Gasteiger partial charge < -0.3 is 10.6 Å². The molecule has 106 valence electrons. The van der Waals surface area contributed by atoms with Crippen LogP contribution in [-0.2, 0) is 0 Å². The number of hydrogen-bond donors (Lipinski definition) is 1.